The van der Waals surface area contributed by atoms with Gasteiger partial charge in [-0.15, -0.1) is 0 Å². The highest BCUT2D eigenvalue weighted by Gasteiger charge is 2.11. The molecule has 0 spiro atoms. The predicted molar refractivity (Wildman–Crippen MR) is 70.0 cm³/mol. The van der Waals surface area contributed by atoms with Gasteiger partial charge in [-0.3, -0.25) is 0 Å². The summed E-state index contributed by atoms with van der Waals surface area (Å²) in [6.45, 7) is 1.75. The van der Waals surface area contributed by atoms with Crippen molar-refractivity contribution in [1.29, 1.82) is 5.26 Å². The van der Waals surface area contributed by atoms with E-state index in [1.165, 1.54) is 0 Å². The molecular weight excluding hydrogens is 242 g/mol. The molecule has 0 aliphatic heterocycles. The van der Waals surface area contributed by atoms with Crippen LogP contribution < -0.4 is 9.47 Å². The summed E-state index contributed by atoms with van der Waals surface area (Å²) in [7, 11) is 3.18. The molecule has 1 aromatic heterocycles. The molecule has 0 N–H and O–H groups in total. The molecular formula is C14H13N3O2. The summed E-state index contributed by atoms with van der Waals surface area (Å²) in [5, 5.41) is 8.95. The second kappa shape index (κ2) is 5.36. The first-order valence-corrected chi connectivity index (χ1v) is 5.66. The van der Waals surface area contributed by atoms with Gasteiger partial charge in [0.15, 0.2) is 0 Å². The Morgan fingerprint density at radius 3 is 2.53 bits per heavy atom. The molecule has 0 unspecified atom stereocenters. The van der Waals surface area contributed by atoms with Crippen LogP contribution in [0, 0.1) is 18.3 Å². The van der Waals surface area contributed by atoms with Crippen molar-refractivity contribution in [3.05, 3.63) is 35.8 Å². The van der Waals surface area contributed by atoms with E-state index in [0.29, 0.717) is 28.7 Å². The van der Waals surface area contributed by atoms with E-state index in [4.69, 9.17) is 14.7 Å². The van der Waals surface area contributed by atoms with E-state index in [-0.39, 0.29) is 0 Å². The minimum absolute atomic E-state index is 0.334. The number of aromatic nitrogens is 2. The van der Waals surface area contributed by atoms with Crippen LogP contribution in [-0.2, 0) is 0 Å². The fourth-order valence-corrected chi connectivity index (χ4v) is 1.77. The van der Waals surface area contributed by atoms with Crippen molar-refractivity contribution < 1.29 is 9.47 Å². The van der Waals surface area contributed by atoms with Gasteiger partial charge < -0.3 is 9.47 Å². The summed E-state index contributed by atoms with van der Waals surface area (Å²) in [6, 6.07) is 9.10. The van der Waals surface area contributed by atoms with E-state index in [2.05, 4.69) is 9.97 Å². The van der Waals surface area contributed by atoms with Crippen molar-refractivity contribution in [3.63, 3.8) is 0 Å². The van der Waals surface area contributed by atoms with Crippen LogP contribution in [0.2, 0.25) is 0 Å². The zero-order chi connectivity index (χ0) is 13.8. The molecule has 0 radical (unpaired) electrons. The SMILES string of the molecule is COc1ccc(-c2cc(C#N)nc(C)n2)c(OC)c1. The molecule has 5 nitrogen and oxygen atoms in total. The molecule has 19 heavy (non-hydrogen) atoms. The van der Waals surface area contributed by atoms with Crippen LogP contribution in [0.4, 0.5) is 0 Å². The van der Waals surface area contributed by atoms with Crippen LogP contribution in [-0.4, -0.2) is 24.2 Å². The van der Waals surface area contributed by atoms with E-state index >= 15 is 0 Å². The number of ether oxygens (including phenoxy) is 2. The van der Waals surface area contributed by atoms with Gasteiger partial charge in [0, 0.05) is 17.7 Å². The monoisotopic (exact) mass is 255 g/mol. The molecule has 0 atom stereocenters. The van der Waals surface area contributed by atoms with E-state index in [1.54, 1.807) is 33.3 Å². The molecule has 5 heteroatoms. The minimum atomic E-state index is 0.334. The number of nitriles is 1. The van der Waals surface area contributed by atoms with Gasteiger partial charge in [-0.25, -0.2) is 9.97 Å². The third-order valence-corrected chi connectivity index (χ3v) is 2.64. The van der Waals surface area contributed by atoms with Crippen LogP contribution in [0.1, 0.15) is 11.5 Å². The molecule has 1 heterocycles. The average Bonchev–Trinajstić information content (AvgIpc) is 2.45. The number of nitrogens with zero attached hydrogens (tertiary/aromatic N) is 3. The zero-order valence-electron chi connectivity index (χ0n) is 11.0. The Labute approximate surface area is 111 Å². The van der Waals surface area contributed by atoms with E-state index in [1.807, 2.05) is 18.2 Å². The molecule has 2 rings (SSSR count). The Balaban J connectivity index is 2.58. The molecule has 96 valence electrons. The predicted octanol–water partition coefficient (Wildman–Crippen LogP) is 2.34. The minimum Gasteiger partial charge on any atom is -0.497 e. The van der Waals surface area contributed by atoms with Crippen molar-refractivity contribution in [3.8, 4) is 28.8 Å². The third-order valence-electron chi connectivity index (χ3n) is 2.64. The Bertz CT molecular complexity index is 648. The van der Waals surface area contributed by atoms with Crippen LogP contribution in [0.15, 0.2) is 24.3 Å². The quantitative estimate of drug-likeness (QED) is 0.842. The molecule has 1 aromatic carbocycles. The Kier molecular flexibility index (Phi) is 3.62. The van der Waals surface area contributed by atoms with Gasteiger partial charge in [0.25, 0.3) is 0 Å². The van der Waals surface area contributed by atoms with Crippen molar-refractivity contribution >= 4 is 0 Å². The van der Waals surface area contributed by atoms with Gasteiger partial charge in [-0.1, -0.05) is 0 Å². The highest BCUT2D eigenvalue weighted by atomic mass is 16.5. The van der Waals surface area contributed by atoms with E-state index in [0.717, 1.165) is 5.56 Å². The molecule has 0 saturated heterocycles. The van der Waals surface area contributed by atoms with Crippen molar-refractivity contribution in [2.45, 2.75) is 6.92 Å². The van der Waals surface area contributed by atoms with Crippen LogP contribution >= 0.6 is 0 Å². The van der Waals surface area contributed by atoms with Gasteiger partial charge in [0.2, 0.25) is 0 Å². The summed E-state index contributed by atoms with van der Waals surface area (Å²) in [4.78, 5) is 8.36. The first-order chi connectivity index (χ1) is 9.17. The van der Waals surface area contributed by atoms with Gasteiger partial charge in [-0.2, -0.15) is 5.26 Å². The first kappa shape index (κ1) is 12.8. The summed E-state index contributed by atoms with van der Waals surface area (Å²) < 4.78 is 10.5. The standard InChI is InChI=1S/C14H13N3O2/c1-9-16-10(8-15)6-13(17-9)12-5-4-11(18-2)7-14(12)19-3/h4-7H,1-3H3. The maximum atomic E-state index is 8.95. The summed E-state index contributed by atoms with van der Waals surface area (Å²) in [5.74, 6) is 1.89. The van der Waals surface area contributed by atoms with Crippen LogP contribution in [0.5, 0.6) is 11.5 Å². The molecule has 0 amide bonds. The zero-order valence-corrected chi connectivity index (χ0v) is 11.0. The Morgan fingerprint density at radius 1 is 1.11 bits per heavy atom. The smallest absolute Gasteiger partial charge is 0.144 e. The lowest BCUT2D eigenvalue weighted by Crippen LogP contribution is -1.97. The van der Waals surface area contributed by atoms with Gasteiger partial charge in [0.05, 0.1) is 19.9 Å². The second-order valence-electron chi connectivity index (χ2n) is 3.86. The van der Waals surface area contributed by atoms with Crippen molar-refractivity contribution in [1.82, 2.24) is 9.97 Å². The highest BCUT2D eigenvalue weighted by molar-refractivity contribution is 5.69. The number of rotatable bonds is 3. The van der Waals surface area contributed by atoms with Gasteiger partial charge in [0.1, 0.15) is 29.1 Å². The number of hydrogen-bond acceptors (Lipinski definition) is 5. The van der Waals surface area contributed by atoms with Gasteiger partial charge in [-0.05, 0) is 19.1 Å². The lowest BCUT2D eigenvalue weighted by molar-refractivity contribution is 0.395. The van der Waals surface area contributed by atoms with Crippen LogP contribution in [0.3, 0.4) is 0 Å². The largest absolute Gasteiger partial charge is 0.497 e. The Morgan fingerprint density at radius 2 is 1.89 bits per heavy atom. The number of aryl methyl sites for hydroxylation is 1. The molecule has 0 saturated carbocycles. The molecule has 0 aliphatic carbocycles. The maximum Gasteiger partial charge on any atom is 0.144 e. The van der Waals surface area contributed by atoms with Crippen LogP contribution in [0.25, 0.3) is 11.3 Å². The normalized spacial score (nSPS) is 9.79. The first-order valence-electron chi connectivity index (χ1n) is 5.66. The van der Waals surface area contributed by atoms with Crippen molar-refractivity contribution in [2.24, 2.45) is 0 Å². The summed E-state index contributed by atoms with van der Waals surface area (Å²) in [6.07, 6.45) is 0. The fraction of sp³-hybridized carbons (Fsp3) is 0.214. The lowest BCUT2D eigenvalue weighted by atomic mass is 10.1. The number of benzene rings is 1. The topological polar surface area (TPSA) is 68.0 Å². The molecule has 0 bridgehead atoms. The lowest BCUT2D eigenvalue weighted by Gasteiger charge is -2.10. The molecule has 0 fully saturated rings. The number of methoxy groups -OCH3 is 2. The maximum absolute atomic E-state index is 8.95. The Hall–Kier alpha value is -2.61. The fourth-order valence-electron chi connectivity index (χ4n) is 1.77. The highest BCUT2D eigenvalue weighted by Crippen LogP contribution is 2.32. The number of hydrogen-bond donors (Lipinski definition) is 0. The van der Waals surface area contributed by atoms with Gasteiger partial charge >= 0.3 is 0 Å². The summed E-state index contributed by atoms with van der Waals surface area (Å²) in [5.41, 5.74) is 1.79. The molecule has 2 aromatic rings. The third kappa shape index (κ3) is 2.63. The second-order valence-corrected chi connectivity index (χ2v) is 3.86. The average molecular weight is 255 g/mol. The van der Waals surface area contributed by atoms with E-state index < -0.39 is 0 Å². The van der Waals surface area contributed by atoms with Crippen molar-refractivity contribution in [2.75, 3.05) is 14.2 Å². The molecule has 0 aliphatic rings. The summed E-state index contributed by atoms with van der Waals surface area (Å²) >= 11 is 0. The van der Waals surface area contributed by atoms with E-state index in [9.17, 15) is 0 Å².